The fourth-order valence-electron chi connectivity index (χ4n) is 2.53. The maximum Gasteiger partial charge on any atom is 0.0649 e. The fourth-order valence-corrected chi connectivity index (χ4v) is 2.86. The highest BCUT2D eigenvalue weighted by atomic mass is 35.5. The third-order valence-corrected chi connectivity index (χ3v) is 3.88. The third-order valence-electron chi connectivity index (χ3n) is 3.58. The van der Waals surface area contributed by atoms with E-state index >= 15 is 0 Å². The van der Waals surface area contributed by atoms with Gasteiger partial charge in [0.2, 0.25) is 0 Å². The summed E-state index contributed by atoms with van der Waals surface area (Å²) < 4.78 is 0. The molecule has 18 heavy (non-hydrogen) atoms. The summed E-state index contributed by atoms with van der Waals surface area (Å²) >= 11 is 6.28. The summed E-state index contributed by atoms with van der Waals surface area (Å²) in [6, 6.07) is 6.40. The first-order valence-corrected chi connectivity index (χ1v) is 6.68. The number of rotatable bonds is 1. The lowest BCUT2D eigenvalue weighted by Gasteiger charge is -2.21. The van der Waals surface area contributed by atoms with Gasteiger partial charge < -0.3 is 9.88 Å². The van der Waals surface area contributed by atoms with Crippen molar-refractivity contribution < 1.29 is 0 Å². The van der Waals surface area contributed by atoms with Gasteiger partial charge in [-0.1, -0.05) is 17.7 Å². The van der Waals surface area contributed by atoms with Gasteiger partial charge in [-0.15, -0.1) is 0 Å². The Balaban J connectivity index is 2.06. The van der Waals surface area contributed by atoms with Crippen molar-refractivity contribution in [3.63, 3.8) is 0 Å². The second kappa shape index (κ2) is 4.45. The molecule has 2 nitrogen and oxygen atoms in total. The van der Waals surface area contributed by atoms with E-state index in [-0.39, 0.29) is 0 Å². The lowest BCUT2D eigenvalue weighted by Crippen LogP contribution is -2.23. The van der Waals surface area contributed by atoms with E-state index in [0.717, 1.165) is 30.0 Å². The van der Waals surface area contributed by atoms with Gasteiger partial charge in [-0.05, 0) is 49.7 Å². The summed E-state index contributed by atoms with van der Waals surface area (Å²) in [6.45, 7) is 4.22. The molecular formula is C15H17ClN2. The lowest BCUT2D eigenvalue weighted by molar-refractivity contribution is 0.370. The molecule has 0 spiro atoms. The van der Waals surface area contributed by atoms with Crippen LogP contribution in [-0.2, 0) is 0 Å². The predicted octanol–water partition coefficient (Wildman–Crippen LogP) is 3.85. The first-order valence-electron chi connectivity index (χ1n) is 6.30. The van der Waals surface area contributed by atoms with E-state index in [1.165, 1.54) is 22.2 Å². The smallest absolute Gasteiger partial charge is 0.0649 e. The van der Waals surface area contributed by atoms with Gasteiger partial charge in [0.15, 0.2) is 0 Å². The minimum atomic E-state index is 0.810. The quantitative estimate of drug-likeness (QED) is 0.825. The van der Waals surface area contributed by atoms with Crippen LogP contribution in [-0.4, -0.2) is 30.0 Å². The van der Waals surface area contributed by atoms with Crippen LogP contribution in [0.4, 0.5) is 0 Å². The normalized spacial score (nSPS) is 17.2. The highest BCUT2D eigenvalue weighted by Crippen LogP contribution is 2.29. The van der Waals surface area contributed by atoms with E-state index in [1.807, 2.05) is 6.07 Å². The molecule has 2 aromatic rings. The summed E-state index contributed by atoms with van der Waals surface area (Å²) in [4.78, 5) is 5.78. The monoisotopic (exact) mass is 260 g/mol. The largest absolute Gasteiger partial charge is 0.354 e. The molecule has 0 radical (unpaired) electrons. The topological polar surface area (TPSA) is 19.0 Å². The summed E-state index contributed by atoms with van der Waals surface area (Å²) in [5, 5.41) is 2.01. The average Bonchev–Trinajstić information content (AvgIpc) is 2.74. The minimum absolute atomic E-state index is 0.810. The molecule has 2 heterocycles. The van der Waals surface area contributed by atoms with Crippen LogP contribution in [0, 0.1) is 6.92 Å². The Bertz CT molecular complexity index is 625. The molecule has 0 atom stereocenters. The molecule has 94 valence electrons. The zero-order valence-electron chi connectivity index (χ0n) is 10.8. The molecule has 0 amide bonds. The van der Waals surface area contributed by atoms with E-state index < -0.39 is 0 Å². The first-order chi connectivity index (χ1) is 8.63. The summed E-state index contributed by atoms with van der Waals surface area (Å²) in [7, 11) is 2.15. The molecule has 0 aliphatic carbocycles. The number of H-pyrrole nitrogens is 1. The van der Waals surface area contributed by atoms with Crippen molar-refractivity contribution in [2.75, 3.05) is 20.1 Å². The third kappa shape index (κ3) is 2.06. The molecule has 0 saturated carbocycles. The molecular weight excluding hydrogens is 244 g/mol. The van der Waals surface area contributed by atoms with Crippen LogP contribution in [0.2, 0.25) is 5.02 Å². The van der Waals surface area contributed by atoms with E-state index in [0.29, 0.717) is 0 Å². The van der Waals surface area contributed by atoms with Crippen LogP contribution in [0.15, 0.2) is 24.3 Å². The molecule has 1 aromatic carbocycles. The maximum absolute atomic E-state index is 6.28. The standard InChI is InChI=1S/C15H17ClN2/c1-10-7-12-9-14(17-15(12)13(16)8-10)11-3-5-18(2)6-4-11/h3,7-9,17H,4-6H2,1-2H3. The number of nitrogens with one attached hydrogen (secondary N) is 1. The highest BCUT2D eigenvalue weighted by Gasteiger charge is 2.12. The SMILES string of the molecule is Cc1cc(Cl)c2[nH]c(C3=CCN(C)CC3)cc2c1. The Labute approximate surface area is 112 Å². The molecule has 1 aliphatic heterocycles. The van der Waals surface area contributed by atoms with E-state index in [9.17, 15) is 0 Å². The van der Waals surface area contributed by atoms with Crippen molar-refractivity contribution in [1.82, 2.24) is 9.88 Å². The van der Waals surface area contributed by atoms with E-state index in [2.05, 4.69) is 42.1 Å². The van der Waals surface area contributed by atoms with Crippen molar-refractivity contribution in [3.8, 4) is 0 Å². The first kappa shape index (κ1) is 11.8. The number of benzene rings is 1. The van der Waals surface area contributed by atoms with Crippen LogP contribution in [0.25, 0.3) is 16.5 Å². The second-order valence-electron chi connectivity index (χ2n) is 5.14. The Morgan fingerprint density at radius 2 is 2.11 bits per heavy atom. The molecule has 1 aromatic heterocycles. The number of hydrogen-bond acceptors (Lipinski definition) is 1. The zero-order chi connectivity index (χ0) is 12.7. The molecule has 0 unspecified atom stereocenters. The Kier molecular flexibility index (Phi) is 2.92. The van der Waals surface area contributed by atoms with E-state index in [4.69, 9.17) is 11.6 Å². The minimum Gasteiger partial charge on any atom is -0.354 e. The average molecular weight is 261 g/mol. The number of aryl methyl sites for hydroxylation is 1. The number of nitrogens with zero attached hydrogens (tertiary/aromatic N) is 1. The second-order valence-corrected chi connectivity index (χ2v) is 5.54. The molecule has 0 fully saturated rings. The van der Waals surface area contributed by atoms with Gasteiger partial charge >= 0.3 is 0 Å². The molecule has 1 N–H and O–H groups in total. The number of fused-ring (bicyclic) bond motifs is 1. The summed E-state index contributed by atoms with van der Waals surface area (Å²) in [6.07, 6.45) is 3.40. The summed E-state index contributed by atoms with van der Waals surface area (Å²) in [5.41, 5.74) is 4.87. The predicted molar refractivity (Wildman–Crippen MR) is 78.1 cm³/mol. The van der Waals surface area contributed by atoms with Gasteiger partial charge in [-0.25, -0.2) is 0 Å². The van der Waals surface area contributed by atoms with Crippen molar-refractivity contribution in [2.45, 2.75) is 13.3 Å². The molecule has 3 rings (SSSR count). The highest BCUT2D eigenvalue weighted by molar-refractivity contribution is 6.35. The molecule has 1 aliphatic rings. The molecule has 3 heteroatoms. The van der Waals surface area contributed by atoms with Gasteiger partial charge in [-0.3, -0.25) is 0 Å². The Hall–Kier alpha value is -1.25. The van der Waals surface area contributed by atoms with Gasteiger partial charge in [0.05, 0.1) is 10.5 Å². The summed E-state index contributed by atoms with van der Waals surface area (Å²) in [5.74, 6) is 0. The van der Waals surface area contributed by atoms with E-state index in [1.54, 1.807) is 0 Å². The van der Waals surface area contributed by atoms with Gasteiger partial charge in [0.1, 0.15) is 0 Å². The van der Waals surface area contributed by atoms with Crippen molar-refractivity contribution in [2.24, 2.45) is 0 Å². The Morgan fingerprint density at radius 3 is 2.83 bits per heavy atom. The van der Waals surface area contributed by atoms with Crippen LogP contribution in [0.1, 0.15) is 17.7 Å². The van der Waals surface area contributed by atoms with Crippen LogP contribution >= 0.6 is 11.6 Å². The van der Waals surface area contributed by atoms with Crippen molar-refractivity contribution in [1.29, 1.82) is 0 Å². The maximum atomic E-state index is 6.28. The number of halogens is 1. The zero-order valence-corrected chi connectivity index (χ0v) is 11.5. The number of hydrogen-bond donors (Lipinski definition) is 1. The number of aromatic amines is 1. The van der Waals surface area contributed by atoms with Gasteiger partial charge in [-0.2, -0.15) is 0 Å². The molecule has 0 bridgehead atoms. The number of likely N-dealkylation sites (N-methyl/N-ethyl adjacent to an activating group) is 1. The molecule has 0 saturated heterocycles. The van der Waals surface area contributed by atoms with Gasteiger partial charge in [0.25, 0.3) is 0 Å². The van der Waals surface area contributed by atoms with Crippen LogP contribution in [0.5, 0.6) is 0 Å². The van der Waals surface area contributed by atoms with Crippen molar-refractivity contribution >= 4 is 28.1 Å². The van der Waals surface area contributed by atoms with Crippen molar-refractivity contribution in [3.05, 3.63) is 40.6 Å². The van der Waals surface area contributed by atoms with Crippen LogP contribution in [0.3, 0.4) is 0 Å². The number of aromatic nitrogens is 1. The fraction of sp³-hybridized carbons (Fsp3) is 0.333. The van der Waals surface area contributed by atoms with Crippen LogP contribution < -0.4 is 0 Å². The van der Waals surface area contributed by atoms with Gasteiger partial charge in [0, 0.05) is 24.2 Å². The Morgan fingerprint density at radius 1 is 1.28 bits per heavy atom. The lowest BCUT2D eigenvalue weighted by atomic mass is 10.1.